The number of rotatable bonds is 4. The van der Waals surface area contributed by atoms with E-state index in [-0.39, 0.29) is 28.4 Å². The van der Waals surface area contributed by atoms with E-state index >= 15 is 0 Å². The molecule has 0 aromatic carbocycles. The van der Waals surface area contributed by atoms with E-state index in [1.165, 1.54) is 6.26 Å². The van der Waals surface area contributed by atoms with Crippen molar-refractivity contribution >= 4 is 39.3 Å². The standard InChI is InChI=1S/C20H26N2O5S2/c1-3-14-12-22(20(24)27-14)13-8-10-21(11-9-13)18(23)17-15-6-4-5-7-16(15)19(28-17)29(2,25)26/h5,7,13-14H,3-4,6,8-12H2,1-2H3. The third-order valence-electron chi connectivity index (χ3n) is 5.94. The van der Waals surface area contributed by atoms with Gasteiger partial charge in [-0.1, -0.05) is 19.1 Å². The van der Waals surface area contributed by atoms with Crippen LogP contribution in [0, 0.1) is 0 Å². The Bertz CT molecular complexity index is 958. The van der Waals surface area contributed by atoms with E-state index in [9.17, 15) is 18.0 Å². The molecule has 158 valence electrons. The molecule has 1 aliphatic carbocycles. The minimum atomic E-state index is -3.38. The van der Waals surface area contributed by atoms with Crippen LogP contribution in [0.5, 0.6) is 0 Å². The highest BCUT2D eigenvalue weighted by Crippen LogP contribution is 2.37. The molecule has 4 rings (SSSR count). The van der Waals surface area contributed by atoms with Crippen molar-refractivity contribution in [1.82, 2.24) is 9.80 Å². The third-order valence-corrected chi connectivity index (χ3v) is 9.02. The summed E-state index contributed by atoms with van der Waals surface area (Å²) < 4.78 is 30.0. The summed E-state index contributed by atoms with van der Waals surface area (Å²) in [6.07, 6.45) is 8.42. The van der Waals surface area contributed by atoms with Crippen LogP contribution in [0.25, 0.3) is 6.08 Å². The molecule has 0 N–H and O–H groups in total. The molecule has 29 heavy (non-hydrogen) atoms. The number of sulfone groups is 1. The second-order valence-corrected chi connectivity index (χ2v) is 11.1. The lowest BCUT2D eigenvalue weighted by atomic mass is 9.98. The van der Waals surface area contributed by atoms with Gasteiger partial charge in [-0.25, -0.2) is 13.2 Å². The Morgan fingerprint density at radius 3 is 2.66 bits per heavy atom. The SMILES string of the molecule is CCC1CN(C2CCN(C(=O)c3sc(S(C)(=O)=O)c4c3CCC=C4)CC2)C(=O)O1. The fraction of sp³-hybridized carbons (Fsp3) is 0.600. The summed E-state index contributed by atoms with van der Waals surface area (Å²) in [5.74, 6) is -0.0923. The monoisotopic (exact) mass is 438 g/mol. The van der Waals surface area contributed by atoms with Gasteiger partial charge in [-0.15, -0.1) is 11.3 Å². The first-order chi connectivity index (χ1) is 13.8. The van der Waals surface area contributed by atoms with Crippen molar-refractivity contribution in [3.63, 3.8) is 0 Å². The van der Waals surface area contributed by atoms with Gasteiger partial charge in [-0.2, -0.15) is 0 Å². The highest BCUT2D eigenvalue weighted by Gasteiger charge is 2.38. The van der Waals surface area contributed by atoms with Gasteiger partial charge in [0, 0.05) is 31.0 Å². The summed E-state index contributed by atoms with van der Waals surface area (Å²) in [6, 6.07) is 0.0925. The molecule has 1 atom stereocenters. The Hall–Kier alpha value is -1.87. The van der Waals surface area contributed by atoms with Gasteiger partial charge in [-0.05, 0) is 37.7 Å². The molecule has 1 aromatic rings. The number of thiophene rings is 1. The first-order valence-corrected chi connectivity index (χ1v) is 12.8. The largest absolute Gasteiger partial charge is 0.444 e. The van der Waals surface area contributed by atoms with Crippen molar-refractivity contribution in [1.29, 1.82) is 0 Å². The van der Waals surface area contributed by atoms with Crippen molar-refractivity contribution in [3.8, 4) is 0 Å². The summed E-state index contributed by atoms with van der Waals surface area (Å²) in [7, 11) is -3.38. The van der Waals surface area contributed by atoms with Crippen molar-refractivity contribution in [3.05, 3.63) is 22.1 Å². The zero-order chi connectivity index (χ0) is 20.8. The van der Waals surface area contributed by atoms with Crippen LogP contribution in [-0.2, 0) is 21.0 Å². The third kappa shape index (κ3) is 3.82. The number of hydrogen-bond acceptors (Lipinski definition) is 6. The maximum absolute atomic E-state index is 13.2. The van der Waals surface area contributed by atoms with Gasteiger partial charge in [0.15, 0.2) is 9.84 Å². The Balaban J connectivity index is 1.49. The second kappa shape index (κ2) is 7.75. The Labute approximate surface area is 175 Å². The highest BCUT2D eigenvalue weighted by atomic mass is 32.2. The lowest BCUT2D eigenvalue weighted by Gasteiger charge is -2.35. The first kappa shape index (κ1) is 20.4. The van der Waals surface area contributed by atoms with Crippen LogP contribution in [-0.4, -0.2) is 68.3 Å². The Morgan fingerprint density at radius 2 is 2.03 bits per heavy atom. The molecule has 2 saturated heterocycles. The van der Waals surface area contributed by atoms with Gasteiger partial charge < -0.3 is 14.5 Å². The molecule has 3 aliphatic rings. The number of fused-ring (bicyclic) bond motifs is 1. The lowest BCUT2D eigenvalue weighted by molar-refractivity contribution is 0.0662. The molecule has 2 aliphatic heterocycles. The number of nitrogens with zero attached hydrogens (tertiary/aromatic N) is 2. The van der Waals surface area contributed by atoms with Crippen LogP contribution >= 0.6 is 11.3 Å². The molecule has 0 radical (unpaired) electrons. The van der Waals surface area contributed by atoms with Crippen LogP contribution in [0.15, 0.2) is 10.3 Å². The number of allylic oxidation sites excluding steroid dienone is 1. The van der Waals surface area contributed by atoms with Crippen LogP contribution in [0.2, 0.25) is 0 Å². The quantitative estimate of drug-likeness (QED) is 0.722. The van der Waals surface area contributed by atoms with Crippen LogP contribution in [0.3, 0.4) is 0 Å². The summed E-state index contributed by atoms with van der Waals surface area (Å²) in [5.41, 5.74) is 1.55. The van der Waals surface area contributed by atoms with Crippen molar-refractivity contribution in [2.24, 2.45) is 0 Å². The predicted octanol–water partition coefficient (Wildman–Crippen LogP) is 2.95. The minimum absolute atomic E-state index is 0.0396. The van der Waals surface area contributed by atoms with Crippen LogP contribution in [0.4, 0.5) is 4.79 Å². The molecular formula is C20H26N2O5S2. The van der Waals surface area contributed by atoms with Gasteiger partial charge >= 0.3 is 6.09 Å². The number of ether oxygens (including phenoxy) is 1. The van der Waals surface area contributed by atoms with Crippen LogP contribution < -0.4 is 0 Å². The van der Waals surface area contributed by atoms with E-state index in [0.29, 0.717) is 49.3 Å². The van der Waals surface area contributed by atoms with Crippen LogP contribution in [0.1, 0.15) is 53.4 Å². The molecule has 3 heterocycles. The van der Waals surface area contributed by atoms with E-state index < -0.39 is 9.84 Å². The van der Waals surface area contributed by atoms with Crippen molar-refractivity contribution in [2.45, 2.75) is 55.4 Å². The van der Waals surface area contributed by atoms with Gasteiger partial charge in [0.2, 0.25) is 0 Å². The molecule has 0 bridgehead atoms. The molecule has 0 spiro atoms. The number of likely N-dealkylation sites (tertiary alicyclic amines) is 1. The fourth-order valence-electron chi connectivity index (χ4n) is 4.32. The zero-order valence-electron chi connectivity index (χ0n) is 16.7. The summed E-state index contributed by atoms with van der Waals surface area (Å²) in [5, 5.41) is 0. The molecular weight excluding hydrogens is 412 g/mol. The van der Waals surface area contributed by atoms with E-state index in [4.69, 9.17) is 4.74 Å². The van der Waals surface area contributed by atoms with E-state index in [2.05, 4.69) is 0 Å². The normalized spacial score (nSPS) is 22.7. The maximum atomic E-state index is 13.2. The average molecular weight is 439 g/mol. The summed E-state index contributed by atoms with van der Waals surface area (Å²) >= 11 is 1.10. The molecule has 0 saturated carbocycles. The number of cyclic esters (lactones) is 1. The molecule has 1 aromatic heterocycles. The second-order valence-electron chi connectivity index (χ2n) is 7.91. The molecule has 2 fully saturated rings. The first-order valence-electron chi connectivity index (χ1n) is 10.1. The highest BCUT2D eigenvalue weighted by molar-refractivity contribution is 7.92. The number of carbonyl (C=O) groups excluding carboxylic acids is 2. The Morgan fingerprint density at radius 1 is 1.31 bits per heavy atom. The minimum Gasteiger partial charge on any atom is -0.444 e. The average Bonchev–Trinajstić information content (AvgIpc) is 3.28. The fourth-order valence-corrected chi connectivity index (χ4v) is 6.81. The van der Waals surface area contributed by atoms with Gasteiger partial charge in [0.1, 0.15) is 10.3 Å². The molecule has 9 heteroatoms. The maximum Gasteiger partial charge on any atom is 0.410 e. The molecule has 2 amide bonds. The lowest BCUT2D eigenvalue weighted by Crippen LogP contribution is -2.47. The molecule has 1 unspecified atom stereocenters. The number of hydrogen-bond donors (Lipinski definition) is 0. The predicted molar refractivity (Wildman–Crippen MR) is 111 cm³/mol. The summed E-state index contributed by atoms with van der Waals surface area (Å²) in [6.45, 7) is 3.74. The van der Waals surface area contributed by atoms with Gasteiger partial charge in [-0.3, -0.25) is 4.79 Å². The van der Waals surface area contributed by atoms with Gasteiger partial charge in [0.25, 0.3) is 5.91 Å². The van der Waals surface area contributed by atoms with Gasteiger partial charge in [0.05, 0.1) is 11.4 Å². The van der Waals surface area contributed by atoms with Crippen molar-refractivity contribution < 1.29 is 22.7 Å². The zero-order valence-corrected chi connectivity index (χ0v) is 18.4. The number of amides is 2. The topological polar surface area (TPSA) is 84.0 Å². The molecule has 7 nitrogen and oxygen atoms in total. The summed E-state index contributed by atoms with van der Waals surface area (Å²) in [4.78, 5) is 29.5. The van der Waals surface area contributed by atoms with E-state index in [1.54, 1.807) is 9.80 Å². The number of piperidine rings is 1. The van der Waals surface area contributed by atoms with E-state index in [1.807, 2.05) is 19.1 Å². The van der Waals surface area contributed by atoms with E-state index in [0.717, 1.165) is 29.7 Å². The Kier molecular flexibility index (Phi) is 5.46. The van der Waals surface area contributed by atoms with Crippen molar-refractivity contribution in [2.75, 3.05) is 25.9 Å². The number of carbonyl (C=O) groups is 2. The smallest absolute Gasteiger partial charge is 0.410 e.